The molecule has 3 aromatic rings. The molecular formula is C23H23F3N2O6S. The van der Waals surface area contributed by atoms with Crippen molar-refractivity contribution in [2.75, 3.05) is 45.3 Å². The Balaban J connectivity index is 1.45. The lowest BCUT2D eigenvalue weighted by Crippen LogP contribution is -2.46. The lowest BCUT2D eigenvalue weighted by molar-refractivity contribution is -0.0436. The number of alkyl halides is 3. The van der Waals surface area contributed by atoms with Crippen LogP contribution in [-0.4, -0.2) is 59.2 Å². The predicted octanol–water partition coefficient (Wildman–Crippen LogP) is 3.43. The monoisotopic (exact) mass is 512 g/mol. The van der Waals surface area contributed by atoms with Crippen molar-refractivity contribution in [2.45, 2.75) is 16.9 Å². The van der Waals surface area contributed by atoms with E-state index in [1.807, 2.05) is 4.90 Å². The molecule has 1 fully saturated rings. The van der Waals surface area contributed by atoms with E-state index in [0.29, 0.717) is 66.6 Å². The number of hydrogen-bond acceptors (Lipinski definition) is 8. The van der Waals surface area contributed by atoms with Gasteiger partial charge in [0, 0.05) is 50.9 Å². The number of rotatable bonds is 6. The Hall–Kier alpha value is -3.25. The highest BCUT2D eigenvalue weighted by Crippen LogP contribution is 2.32. The lowest BCUT2D eigenvalue weighted by atomic mass is 10.2. The highest BCUT2D eigenvalue weighted by Gasteiger charge is 2.46. The normalized spacial score (nSPS) is 15.4. The van der Waals surface area contributed by atoms with Gasteiger partial charge in [0.05, 0.1) is 19.1 Å². The van der Waals surface area contributed by atoms with Gasteiger partial charge in [0.2, 0.25) is 0 Å². The van der Waals surface area contributed by atoms with Crippen molar-refractivity contribution in [3.8, 4) is 11.5 Å². The van der Waals surface area contributed by atoms with Crippen molar-refractivity contribution in [3.05, 3.63) is 58.3 Å². The molecule has 0 spiro atoms. The minimum atomic E-state index is -5.36. The van der Waals surface area contributed by atoms with Gasteiger partial charge in [-0.2, -0.15) is 13.2 Å². The molecule has 8 nitrogen and oxygen atoms in total. The maximum atomic E-state index is 12.8. The van der Waals surface area contributed by atoms with Crippen molar-refractivity contribution in [2.24, 2.45) is 0 Å². The Kier molecular flexibility index (Phi) is 6.69. The molecule has 0 amide bonds. The number of sulfone groups is 1. The van der Waals surface area contributed by atoms with E-state index in [-0.39, 0.29) is 5.43 Å². The van der Waals surface area contributed by atoms with E-state index in [9.17, 15) is 26.4 Å². The van der Waals surface area contributed by atoms with Crippen LogP contribution < -0.4 is 19.8 Å². The van der Waals surface area contributed by atoms with E-state index in [4.69, 9.17) is 13.9 Å². The average Bonchev–Trinajstić information content (AvgIpc) is 2.83. The third-order valence-electron chi connectivity index (χ3n) is 5.84. The number of nitrogens with zero attached hydrogens (tertiary/aromatic N) is 2. The Bertz CT molecular complexity index is 1380. The Morgan fingerprint density at radius 3 is 2.20 bits per heavy atom. The van der Waals surface area contributed by atoms with Crippen LogP contribution >= 0.6 is 0 Å². The highest BCUT2D eigenvalue weighted by atomic mass is 32.2. The van der Waals surface area contributed by atoms with Gasteiger partial charge >= 0.3 is 5.51 Å². The molecule has 1 aliphatic heterocycles. The van der Waals surface area contributed by atoms with Crippen molar-refractivity contribution in [1.29, 1.82) is 0 Å². The summed E-state index contributed by atoms with van der Waals surface area (Å²) in [6.45, 7) is 2.75. The summed E-state index contributed by atoms with van der Waals surface area (Å²) in [6, 6.07) is 9.38. The van der Waals surface area contributed by atoms with Gasteiger partial charge in [0.1, 0.15) is 22.5 Å². The smallest absolute Gasteiger partial charge is 0.496 e. The zero-order valence-electron chi connectivity index (χ0n) is 19.0. The third kappa shape index (κ3) is 4.94. The minimum absolute atomic E-state index is 0.239. The number of fused-ring (bicyclic) bond motifs is 1. The van der Waals surface area contributed by atoms with Gasteiger partial charge in [-0.1, -0.05) is 12.1 Å². The van der Waals surface area contributed by atoms with Gasteiger partial charge in [-0.25, -0.2) is 8.42 Å². The molecule has 1 saturated heterocycles. The van der Waals surface area contributed by atoms with Gasteiger partial charge in [0.25, 0.3) is 9.84 Å². The summed E-state index contributed by atoms with van der Waals surface area (Å²) < 4.78 is 77.7. The van der Waals surface area contributed by atoms with Crippen LogP contribution in [0.15, 0.2) is 56.6 Å². The molecule has 188 valence electrons. The number of halogens is 3. The molecule has 2 aromatic carbocycles. The summed E-state index contributed by atoms with van der Waals surface area (Å²) in [4.78, 5) is 16.0. The van der Waals surface area contributed by atoms with Crippen LogP contribution in [0.4, 0.5) is 19.1 Å². The average molecular weight is 513 g/mol. The first kappa shape index (κ1) is 24.9. The van der Waals surface area contributed by atoms with Crippen molar-refractivity contribution < 1.29 is 35.5 Å². The van der Waals surface area contributed by atoms with Crippen LogP contribution in [0.25, 0.3) is 11.0 Å². The fourth-order valence-corrected chi connectivity index (χ4v) is 4.70. The topological polar surface area (TPSA) is 89.3 Å². The fraction of sp³-hybridized carbons (Fsp3) is 0.348. The summed E-state index contributed by atoms with van der Waals surface area (Å²) in [6.07, 6.45) is 0. The molecule has 0 saturated carbocycles. The van der Waals surface area contributed by atoms with E-state index < -0.39 is 20.2 Å². The third-order valence-corrected chi connectivity index (χ3v) is 7.34. The Labute approximate surface area is 199 Å². The number of piperazine rings is 1. The molecule has 2 heterocycles. The molecule has 1 aliphatic rings. The van der Waals surface area contributed by atoms with Crippen LogP contribution in [-0.2, 0) is 16.4 Å². The molecule has 0 unspecified atom stereocenters. The lowest BCUT2D eigenvalue weighted by Gasteiger charge is -2.35. The number of anilines is 1. The molecule has 12 heteroatoms. The first-order valence-corrected chi connectivity index (χ1v) is 12.1. The summed E-state index contributed by atoms with van der Waals surface area (Å²) in [7, 11) is -2.40. The van der Waals surface area contributed by atoms with Gasteiger partial charge in [0.15, 0.2) is 11.3 Å². The zero-order valence-corrected chi connectivity index (χ0v) is 19.8. The standard InChI is InChI=1S/C23H23F3N2O6S/c1-32-16-11-19(33-2)22-18(29)13-21(34-20(22)12-16)28-9-7-27(8-10-28)14-15-3-5-17(6-4-15)35(30,31)23(24,25)26/h3-6,11-13H,7-10,14H2,1-2H3. The highest BCUT2D eigenvalue weighted by molar-refractivity contribution is 7.92. The maximum absolute atomic E-state index is 12.8. The van der Waals surface area contributed by atoms with Crippen molar-refractivity contribution in [1.82, 2.24) is 4.90 Å². The number of methoxy groups -OCH3 is 2. The van der Waals surface area contributed by atoms with Gasteiger partial charge < -0.3 is 18.8 Å². The van der Waals surface area contributed by atoms with E-state index in [1.54, 1.807) is 12.1 Å². The number of benzene rings is 2. The summed E-state index contributed by atoms with van der Waals surface area (Å²) >= 11 is 0. The van der Waals surface area contributed by atoms with Crippen LogP contribution in [0.2, 0.25) is 0 Å². The molecule has 35 heavy (non-hydrogen) atoms. The second kappa shape index (κ2) is 9.42. The summed E-state index contributed by atoms with van der Waals surface area (Å²) in [5.41, 5.74) is -4.54. The van der Waals surface area contributed by atoms with Gasteiger partial charge in [-0.15, -0.1) is 0 Å². The first-order valence-electron chi connectivity index (χ1n) is 10.6. The minimum Gasteiger partial charge on any atom is -0.496 e. The molecule has 0 bridgehead atoms. The van der Waals surface area contributed by atoms with E-state index in [2.05, 4.69) is 4.90 Å². The molecule has 1 aromatic heterocycles. The molecule has 0 radical (unpaired) electrons. The zero-order chi connectivity index (χ0) is 25.4. The van der Waals surface area contributed by atoms with E-state index in [0.717, 1.165) is 12.1 Å². The Morgan fingerprint density at radius 2 is 1.63 bits per heavy atom. The maximum Gasteiger partial charge on any atom is 0.501 e. The van der Waals surface area contributed by atoms with Crippen LogP contribution in [0.1, 0.15) is 5.56 Å². The van der Waals surface area contributed by atoms with Crippen molar-refractivity contribution >= 4 is 26.7 Å². The summed E-state index contributed by atoms with van der Waals surface area (Å²) in [5, 5.41) is 0.326. The second-order valence-electron chi connectivity index (χ2n) is 8.01. The van der Waals surface area contributed by atoms with Gasteiger partial charge in [-0.3, -0.25) is 9.69 Å². The van der Waals surface area contributed by atoms with Crippen LogP contribution in [0.3, 0.4) is 0 Å². The predicted molar refractivity (Wildman–Crippen MR) is 123 cm³/mol. The molecule has 0 aliphatic carbocycles. The van der Waals surface area contributed by atoms with Crippen LogP contribution in [0, 0.1) is 0 Å². The molecule has 0 atom stereocenters. The fourth-order valence-electron chi connectivity index (χ4n) is 3.94. The molecule has 4 rings (SSSR count). The Morgan fingerprint density at radius 1 is 0.971 bits per heavy atom. The van der Waals surface area contributed by atoms with Crippen LogP contribution in [0.5, 0.6) is 11.5 Å². The molecular weight excluding hydrogens is 489 g/mol. The SMILES string of the molecule is COc1cc(OC)c2c(=O)cc(N3CCN(Cc4ccc(S(=O)(=O)C(F)(F)F)cc4)CC3)oc2c1. The van der Waals surface area contributed by atoms with E-state index in [1.165, 1.54) is 32.4 Å². The van der Waals surface area contributed by atoms with Crippen molar-refractivity contribution in [3.63, 3.8) is 0 Å². The second-order valence-corrected chi connectivity index (χ2v) is 9.95. The quantitative estimate of drug-likeness (QED) is 0.497. The molecule has 0 N–H and O–H groups in total. The first-order chi connectivity index (χ1) is 16.5. The van der Waals surface area contributed by atoms with Gasteiger partial charge in [-0.05, 0) is 17.7 Å². The number of hydrogen-bond donors (Lipinski definition) is 0. The largest absolute Gasteiger partial charge is 0.501 e. The van der Waals surface area contributed by atoms with E-state index >= 15 is 0 Å². The number of ether oxygens (including phenoxy) is 2. The summed E-state index contributed by atoms with van der Waals surface area (Å²) in [5.74, 6) is 1.27.